The highest BCUT2D eigenvalue weighted by atomic mass is 14.4. The average Bonchev–Trinajstić information content (AvgIpc) is 2.99. The molecule has 0 aromatic heterocycles. The Morgan fingerprint density at radius 1 is 1.29 bits per heavy atom. The molecule has 1 aliphatic rings. The van der Waals surface area contributed by atoms with E-state index in [1.807, 2.05) is 12.1 Å². The van der Waals surface area contributed by atoms with E-state index in [4.69, 9.17) is 0 Å². The molecule has 14 heavy (non-hydrogen) atoms. The Morgan fingerprint density at radius 3 is 2.79 bits per heavy atom. The zero-order valence-corrected chi connectivity index (χ0v) is 9.00. The van der Waals surface area contributed by atoms with Crippen LogP contribution in [0, 0.1) is 12.0 Å². The van der Waals surface area contributed by atoms with Gasteiger partial charge in [0.2, 0.25) is 0 Å². The molecule has 0 N–H and O–H groups in total. The molecule has 1 aromatic carbocycles. The Morgan fingerprint density at radius 2 is 2.07 bits per heavy atom. The topological polar surface area (TPSA) is 0 Å². The van der Waals surface area contributed by atoms with E-state index in [2.05, 4.69) is 25.1 Å². The molecule has 0 spiro atoms. The predicted octanol–water partition coefficient (Wildman–Crippen LogP) is 4.17. The molecule has 0 saturated heterocycles. The van der Waals surface area contributed by atoms with Crippen molar-refractivity contribution in [1.29, 1.82) is 0 Å². The fourth-order valence-electron chi connectivity index (χ4n) is 2.28. The highest BCUT2D eigenvalue weighted by molar-refractivity contribution is 5.24. The third-order valence-corrected chi connectivity index (χ3v) is 3.27. The van der Waals surface area contributed by atoms with Crippen LogP contribution < -0.4 is 0 Å². The third kappa shape index (κ3) is 2.37. The van der Waals surface area contributed by atoms with Gasteiger partial charge in [0.25, 0.3) is 0 Å². The van der Waals surface area contributed by atoms with Crippen LogP contribution in [0.15, 0.2) is 24.3 Å². The van der Waals surface area contributed by atoms with Gasteiger partial charge in [-0.15, -0.1) is 0 Å². The van der Waals surface area contributed by atoms with E-state index in [-0.39, 0.29) is 0 Å². The lowest BCUT2D eigenvalue weighted by atomic mass is 10.1. The number of rotatable bonds is 5. The highest BCUT2D eigenvalue weighted by Crippen LogP contribution is 2.50. The Bertz CT molecular complexity index is 263. The quantitative estimate of drug-likeness (QED) is 0.607. The summed E-state index contributed by atoms with van der Waals surface area (Å²) < 4.78 is 0. The molecule has 0 heteroatoms. The minimum atomic E-state index is 0.876. The largest absolute Gasteiger partial charge is 0.0654 e. The Hall–Kier alpha value is -0.780. The summed E-state index contributed by atoms with van der Waals surface area (Å²) in [4.78, 5) is 0. The van der Waals surface area contributed by atoms with Gasteiger partial charge in [-0.25, -0.2) is 0 Å². The van der Waals surface area contributed by atoms with Crippen LogP contribution in [-0.2, 0) is 0 Å². The lowest BCUT2D eigenvalue weighted by Crippen LogP contribution is -1.84. The third-order valence-electron chi connectivity index (χ3n) is 3.27. The van der Waals surface area contributed by atoms with E-state index in [9.17, 15) is 0 Å². The van der Waals surface area contributed by atoms with Gasteiger partial charge in [-0.2, -0.15) is 0 Å². The lowest BCUT2D eigenvalue weighted by Gasteiger charge is -1.99. The standard InChI is InChI=1S/C14H19/c1-2-3-5-10-13-11-14(13)12-8-6-4-7-9-12/h6-9,13-14H,2-3,5,10-11H2,1H3. The Labute approximate surface area is 87.3 Å². The van der Waals surface area contributed by atoms with Crippen molar-refractivity contribution in [3.05, 3.63) is 35.9 Å². The second-order valence-corrected chi connectivity index (χ2v) is 4.43. The summed E-state index contributed by atoms with van der Waals surface area (Å²) in [6.07, 6.45) is 7.05. The van der Waals surface area contributed by atoms with E-state index in [0.717, 1.165) is 11.8 Å². The normalized spacial score (nSPS) is 24.9. The van der Waals surface area contributed by atoms with Gasteiger partial charge in [0.15, 0.2) is 0 Å². The summed E-state index contributed by atoms with van der Waals surface area (Å²) in [5.41, 5.74) is 1.53. The molecular formula is C14H19. The van der Waals surface area contributed by atoms with Crippen molar-refractivity contribution in [1.82, 2.24) is 0 Å². The van der Waals surface area contributed by atoms with Crippen LogP contribution in [0.5, 0.6) is 0 Å². The van der Waals surface area contributed by atoms with Gasteiger partial charge in [-0.05, 0) is 36.3 Å². The molecule has 2 unspecified atom stereocenters. The fraction of sp³-hybridized carbons (Fsp3) is 0.571. The molecule has 1 saturated carbocycles. The van der Waals surface area contributed by atoms with Gasteiger partial charge in [-0.3, -0.25) is 0 Å². The van der Waals surface area contributed by atoms with Crippen molar-refractivity contribution in [2.45, 2.75) is 44.9 Å². The SMILES string of the molecule is CCCCCC1CC1c1cc[c]cc1. The zero-order chi connectivity index (χ0) is 9.80. The first-order chi connectivity index (χ1) is 6.92. The van der Waals surface area contributed by atoms with Crippen LogP contribution in [0.4, 0.5) is 0 Å². The van der Waals surface area contributed by atoms with Gasteiger partial charge in [0.1, 0.15) is 0 Å². The van der Waals surface area contributed by atoms with Crippen LogP contribution in [0.2, 0.25) is 0 Å². The van der Waals surface area contributed by atoms with E-state index in [0.29, 0.717) is 0 Å². The maximum atomic E-state index is 3.08. The number of hydrogen-bond acceptors (Lipinski definition) is 0. The molecule has 2 atom stereocenters. The predicted molar refractivity (Wildman–Crippen MR) is 60.3 cm³/mol. The van der Waals surface area contributed by atoms with Crippen molar-refractivity contribution in [2.24, 2.45) is 5.92 Å². The number of benzene rings is 1. The molecule has 75 valence electrons. The van der Waals surface area contributed by atoms with Crippen molar-refractivity contribution in [3.63, 3.8) is 0 Å². The van der Waals surface area contributed by atoms with E-state index in [1.165, 1.54) is 37.7 Å². The van der Waals surface area contributed by atoms with Crippen LogP contribution in [0.25, 0.3) is 0 Å². The summed E-state index contributed by atoms with van der Waals surface area (Å²) in [6, 6.07) is 11.6. The second-order valence-electron chi connectivity index (χ2n) is 4.43. The summed E-state index contributed by atoms with van der Waals surface area (Å²) in [5.74, 6) is 1.87. The zero-order valence-electron chi connectivity index (χ0n) is 9.00. The molecule has 0 amide bonds. The van der Waals surface area contributed by atoms with Gasteiger partial charge in [0, 0.05) is 0 Å². The molecule has 1 aliphatic carbocycles. The lowest BCUT2D eigenvalue weighted by molar-refractivity contribution is 0.610. The summed E-state index contributed by atoms with van der Waals surface area (Å²) in [7, 11) is 0. The van der Waals surface area contributed by atoms with E-state index < -0.39 is 0 Å². The molecule has 2 rings (SSSR count). The van der Waals surface area contributed by atoms with Crippen LogP contribution in [0.1, 0.15) is 50.5 Å². The first-order valence-corrected chi connectivity index (χ1v) is 5.88. The molecular weight excluding hydrogens is 168 g/mol. The van der Waals surface area contributed by atoms with Gasteiger partial charge in [-0.1, -0.05) is 50.5 Å². The van der Waals surface area contributed by atoms with Crippen molar-refractivity contribution >= 4 is 0 Å². The van der Waals surface area contributed by atoms with E-state index in [1.54, 1.807) is 0 Å². The van der Waals surface area contributed by atoms with Crippen molar-refractivity contribution in [2.75, 3.05) is 0 Å². The summed E-state index contributed by atoms with van der Waals surface area (Å²) in [5, 5.41) is 0. The first-order valence-electron chi connectivity index (χ1n) is 5.88. The van der Waals surface area contributed by atoms with E-state index >= 15 is 0 Å². The first kappa shape index (κ1) is 9.76. The monoisotopic (exact) mass is 187 g/mol. The van der Waals surface area contributed by atoms with Crippen molar-refractivity contribution in [3.8, 4) is 0 Å². The Kier molecular flexibility index (Phi) is 3.23. The molecule has 0 bridgehead atoms. The summed E-state index contributed by atoms with van der Waals surface area (Å²) >= 11 is 0. The molecule has 0 nitrogen and oxygen atoms in total. The maximum absolute atomic E-state index is 3.08. The summed E-state index contributed by atoms with van der Waals surface area (Å²) in [6.45, 7) is 2.28. The van der Waals surface area contributed by atoms with Gasteiger partial charge in [0.05, 0.1) is 0 Å². The fourth-order valence-corrected chi connectivity index (χ4v) is 2.28. The smallest absolute Gasteiger partial charge is 0.0131 e. The average molecular weight is 187 g/mol. The van der Waals surface area contributed by atoms with Crippen LogP contribution in [0.3, 0.4) is 0 Å². The maximum Gasteiger partial charge on any atom is -0.0131 e. The minimum Gasteiger partial charge on any atom is -0.0654 e. The Balaban J connectivity index is 1.76. The number of hydrogen-bond donors (Lipinski definition) is 0. The highest BCUT2D eigenvalue weighted by Gasteiger charge is 2.36. The van der Waals surface area contributed by atoms with Crippen LogP contribution >= 0.6 is 0 Å². The molecule has 1 radical (unpaired) electrons. The molecule has 1 fully saturated rings. The second kappa shape index (κ2) is 4.63. The van der Waals surface area contributed by atoms with Crippen LogP contribution in [-0.4, -0.2) is 0 Å². The number of unbranched alkanes of at least 4 members (excludes halogenated alkanes) is 2. The van der Waals surface area contributed by atoms with Gasteiger partial charge < -0.3 is 0 Å². The molecule has 0 aliphatic heterocycles. The molecule has 0 heterocycles. The molecule has 1 aromatic rings. The van der Waals surface area contributed by atoms with Gasteiger partial charge >= 0.3 is 0 Å². The van der Waals surface area contributed by atoms with Crippen molar-refractivity contribution < 1.29 is 0 Å². The minimum absolute atomic E-state index is 0.876.